The van der Waals surface area contributed by atoms with Crippen molar-refractivity contribution < 1.29 is 9.53 Å². The van der Waals surface area contributed by atoms with Gasteiger partial charge in [0.25, 0.3) is 0 Å². The molecule has 0 aromatic carbocycles. The summed E-state index contributed by atoms with van der Waals surface area (Å²) in [5.74, 6) is 0.142. The maximum absolute atomic E-state index is 11.4. The van der Waals surface area contributed by atoms with Gasteiger partial charge in [-0.25, -0.2) is 0 Å². The minimum absolute atomic E-state index is 0.142. The molecule has 3 nitrogen and oxygen atoms in total. The van der Waals surface area contributed by atoms with Gasteiger partial charge in [0.1, 0.15) is 0 Å². The smallest absolute Gasteiger partial charge is 0.233 e. The topological polar surface area (TPSA) is 29.5 Å². The predicted molar refractivity (Wildman–Crippen MR) is 50.4 cm³/mol. The van der Waals surface area contributed by atoms with Gasteiger partial charge in [-0.2, -0.15) is 0 Å². The van der Waals surface area contributed by atoms with Gasteiger partial charge in [-0.15, -0.1) is 0 Å². The summed E-state index contributed by atoms with van der Waals surface area (Å²) in [4.78, 5) is 13.3. The molecule has 0 aromatic rings. The molecule has 1 saturated heterocycles. The van der Waals surface area contributed by atoms with Crippen molar-refractivity contribution in [2.75, 3.05) is 25.1 Å². The first-order valence-electron chi connectivity index (χ1n) is 4.02. The lowest BCUT2D eigenvalue weighted by atomic mass is 10.0. The van der Waals surface area contributed by atoms with E-state index in [0.717, 1.165) is 0 Å². The van der Waals surface area contributed by atoms with Crippen LogP contribution in [0.25, 0.3) is 0 Å². The van der Waals surface area contributed by atoms with Crippen molar-refractivity contribution >= 4 is 21.8 Å². The van der Waals surface area contributed by atoms with E-state index >= 15 is 0 Å². The van der Waals surface area contributed by atoms with Crippen molar-refractivity contribution in [3.8, 4) is 0 Å². The third-order valence-electron chi connectivity index (χ3n) is 2.06. The van der Waals surface area contributed by atoms with Crippen molar-refractivity contribution in [2.24, 2.45) is 0 Å². The Balaban J connectivity index is 2.66. The van der Waals surface area contributed by atoms with Crippen molar-refractivity contribution in [1.29, 1.82) is 0 Å². The van der Waals surface area contributed by atoms with Gasteiger partial charge in [-0.3, -0.25) is 4.79 Å². The fraction of sp³-hybridized carbons (Fsp3) is 0.875. The Labute approximate surface area is 81.2 Å². The summed E-state index contributed by atoms with van der Waals surface area (Å²) in [6, 6.07) is 0. The predicted octanol–water partition coefficient (Wildman–Crippen LogP) is 1.02. The SMILES string of the molecule is CC1(C)COCCN1C(=O)CBr. The van der Waals surface area contributed by atoms with Gasteiger partial charge in [-0.05, 0) is 13.8 Å². The molecule has 1 rings (SSSR count). The quantitative estimate of drug-likeness (QED) is 0.636. The average Bonchev–Trinajstić information content (AvgIpc) is 2.02. The van der Waals surface area contributed by atoms with Gasteiger partial charge in [0.2, 0.25) is 5.91 Å². The Bertz CT molecular complexity index is 182. The van der Waals surface area contributed by atoms with E-state index in [4.69, 9.17) is 4.74 Å². The number of amides is 1. The van der Waals surface area contributed by atoms with E-state index in [2.05, 4.69) is 15.9 Å². The number of carbonyl (C=O) groups is 1. The number of hydrogen-bond acceptors (Lipinski definition) is 2. The molecule has 0 saturated carbocycles. The number of morpholine rings is 1. The fourth-order valence-corrected chi connectivity index (χ4v) is 1.70. The molecule has 1 heterocycles. The number of hydrogen-bond donors (Lipinski definition) is 0. The lowest BCUT2D eigenvalue weighted by molar-refractivity contribution is -0.143. The number of halogens is 1. The highest BCUT2D eigenvalue weighted by Gasteiger charge is 2.33. The van der Waals surface area contributed by atoms with E-state index in [1.165, 1.54) is 0 Å². The van der Waals surface area contributed by atoms with Gasteiger partial charge >= 0.3 is 0 Å². The van der Waals surface area contributed by atoms with Gasteiger partial charge in [-0.1, -0.05) is 15.9 Å². The third kappa shape index (κ3) is 1.98. The highest BCUT2D eigenvalue weighted by Crippen LogP contribution is 2.19. The summed E-state index contributed by atoms with van der Waals surface area (Å²) in [6.45, 7) is 6.03. The maximum atomic E-state index is 11.4. The zero-order chi connectivity index (χ0) is 9.19. The molecule has 0 atom stereocenters. The Morgan fingerprint density at radius 2 is 2.33 bits per heavy atom. The van der Waals surface area contributed by atoms with Crippen molar-refractivity contribution in [2.45, 2.75) is 19.4 Å². The molecule has 12 heavy (non-hydrogen) atoms. The molecule has 70 valence electrons. The van der Waals surface area contributed by atoms with Crippen LogP contribution in [-0.4, -0.2) is 41.4 Å². The molecule has 1 fully saturated rings. The molecule has 0 bridgehead atoms. The second kappa shape index (κ2) is 3.75. The molecule has 0 N–H and O–H groups in total. The Hall–Kier alpha value is -0.0900. The first-order chi connectivity index (χ1) is 5.58. The van der Waals surface area contributed by atoms with Crippen LogP contribution in [0, 0.1) is 0 Å². The first kappa shape index (κ1) is 9.99. The largest absolute Gasteiger partial charge is 0.377 e. The molecule has 1 amide bonds. The van der Waals surface area contributed by atoms with E-state index in [-0.39, 0.29) is 11.4 Å². The summed E-state index contributed by atoms with van der Waals surface area (Å²) < 4.78 is 5.30. The molecule has 0 unspecified atom stereocenters. The number of rotatable bonds is 1. The fourth-order valence-electron chi connectivity index (χ4n) is 1.39. The summed E-state index contributed by atoms with van der Waals surface area (Å²) >= 11 is 3.17. The van der Waals surface area contributed by atoms with Gasteiger partial charge < -0.3 is 9.64 Å². The zero-order valence-electron chi connectivity index (χ0n) is 7.47. The molecule has 1 aliphatic rings. The first-order valence-corrected chi connectivity index (χ1v) is 5.14. The molecule has 0 aliphatic carbocycles. The number of alkyl halides is 1. The highest BCUT2D eigenvalue weighted by atomic mass is 79.9. The van der Waals surface area contributed by atoms with Crippen LogP contribution in [0.2, 0.25) is 0 Å². The lowest BCUT2D eigenvalue weighted by Gasteiger charge is -2.41. The Morgan fingerprint density at radius 1 is 1.67 bits per heavy atom. The summed E-state index contributed by atoms with van der Waals surface area (Å²) in [5, 5.41) is 0.399. The summed E-state index contributed by atoms with van der Waals surface area (Å²) in [5.41, 5.74) is -0.150. The second-order valence-corrected chi connectivity index (χ2v) is 4.10. The van der Waals surface area contributed by atoms with Crippen molar-refractivity contribution in [3.63, 3.8) is 0 Å². The minimum atomic E-state index is -0.150. The lowest BCUT2D eigenvalue weighted by Crippen LogP contribution is -2.55. The number of nitrogens with zero attached hydrogens (tertiary/aromatic N) is 1. The van der Waals surface area contributed by atoms with Crippen LogP contribution >= 0.6 is 15.9 Å². The number of carbonyl (C=O) groups excluding carboxylic acids is 1. The highest BCUT2D eigenvalue weighted by molar-refractivity contribution is 9.09. The average molecular weight is 236 g/mol. The Morgan fingerprint density at radius 3 is 2.83 bits per heavy atom. The van der Waals surface area contributed by atoms with E-state index in [0.29, 0.717) is 25.1 Å². The maximum Gasteiger partial charge on any atom is 0.233 e. The van der Waals surface area contributed by atoms with Crippen LogP contribution in [-0.2, 0) is 9.53 Å². The molecule has 0 aromatic heterocycles. The second-order valence-electron chi connectivity index (χ2n) is 3.54. The van der Waals surface area contributed by atoms with Crippen LogP contribution < -0.4 is 0 Å². The van der Waals surface area contributed by atoms with Crippen LogP contribution in [0.15, 0.2) is 0 Å². The van der Waals surface area contributed by atoms with Crippen molar-refractivity contribution in [1.82, 2.24) is 4.90 Å². The van der Waals surface area contributed by atoms with Gasteiger partial charge in [0.15, 0.2) is 0 Å². The van der Waals surface area contributed by atoms with Gasteiger partial charge in [0.05, 0.1) is 24.1 Å². The monoisotopic (exact) mass is 235 g/mol. The molecule has 4 heteroatoms. The van der Waals surface area contributed by atoms with Crippen molar-refractivity contribution in [3.05, 3.63) is 0 Å². The molecule has 1 aliphatic heterocycles. The molecular formula is C8H14BrNO2. The minimum Gasteiger partial charge on any atom is -0.377 e. The standard InChI is InChI=1S/C8H14BrNO2/c1-8(2)6-12-4-3-10(8)7(11)5-9/h3-6H2,1-2H3. The van der Waals surface area contributed by atoms with Gasteiger partial charge in [0, 0.05) is 6.54 Å². The third-order valence-corrected chi connectivity index (χ3v) is 2.54. The molecular weight excluding hydrogens is 222 g/mol. The zero-order valence-corrected chi connectivity index (χ0v) is 9.06. The molecule has 0 radical (unpaired) electrons. The van der Waals surface area contributed by atoms with E-state index in [9.17, 15) is 4.79 Å². The van der Waals surface area contributed by atoms with Crippen LogP contribution in [0.3, 0.4) is 0 Å². The van der Waals surface area contributed by atoms with Crippen LogP contribution in [0.5, 0.6) is 0 Å². The molecule has 0 spiro atoms. The van der Waals surface area contributed by atoms with E-state index in [1.807, 2.05) is 18.7 Å². The van der Waals surface area contributed by atoms with Crippen LogP contribution in [0.4, 0.5) is 0 Å². The normalized spacial score (nSPS) is 22.4. The number of ether oxygens (including phenoxy) is 1. The van der Waals surface area contributed by atoms with E-state index < -0.39 is 0 Å². The van der Waals surface area contributed by atoms with E-state index in [1.54, 1.807) is 0 Å². The summed E-state index contributed by atoms with van der Waals surface area (Å²) in [7, 11) is 0. The summed E-state index contributed by atoms with van der Waals surface area (Å²) in [6.07, 6.45) is 0. The Kier molecular flexibility index (Phi) is 3.12. The van der Waals surface area contributed by atoms with Crippen LogP contribution in [0.1, 0.15) is 13.8 Å².